The third-order valence-corrected chi connectivity index (χ3v) is 2.57. The van der Waals surface area contributed by atoms with Crippen LogP contribution in [0.3, 0.4) is 0 Å². The van der Waals surface area contributed by atoms with Gasteiger partial charge in [0, 0.05) is 10.9 Å². The molecule has 1 heterocycles. The Kier molecular flexibility index (Phi) is 1.51. The average molecular weight is 200 g/mol. The van der Waals surface area contributed by atoms with Gasteiger partial charge in [0.15, 0.2) is 5.78 Å². The lowest BCUT2D eigenvalue weighted by molar-refractivity contribution is 0.104. The topological polar surface area (TPSA) is 39.4 Å². The summed E-state index contributed by atoms with van der Waals surface area (Å²) in [7, 11) is 1.55. The predicted molar refractivity (Wildman–Crippen MR) is 56.1 cm³/mol. The van der Waals surface area contributed by atoms with Crippen molar-refractivity contribution >= 4 is 22.6 Å². The summed E-state index contributed by atoms with van der Waals surface area (Å²) in [6, 6.07) is 5.51. The Bertz CT molecular complexity index is 590. The highest BCUT2D eigenvalue weighted by Crippen LogP contribution is 2.37. The van der Waals surface area contributed by atoms with Crippen LogP contribution >= 0.6 is 0 Å². The minimum atomic E-state index is 0.0107. The number of hydrogen-bond donors (Lipinski definition) is 0. The molecule has 0 saturated carbocycles. The van der Waals surface area contributed by atoms with Crippen LogP contribution in [0.1, 0.15) is 16.1 Å². The summed E-state index contributed by atoms with van der Waals surface area (Å²) >= 11 is 0. The van der Waals surface area contributed by atoms with Gasteiger partial charge < -0.3 is 9.15 Å². The van der Waals surface area contributed by atoms with E-state index in [1.54, 1.807) is 19.3 Å². The van der Waals surface area contributed by atoms with Crippen LogP contribution in [0.25, 0.3) is 16.8 Å². The smallest absolute Gasteiger partial charge is 0.292 e. The fourth-order valence-electron chi connectivity index (χ4n) is 1.91. The van der Waals surface area contributed by atoms with Gasteiger partial charge in [-0.1, -0.05) is 12.1 Å². The third-order valence-electron chi connectivity index (χ3n) is 2.57. The van der Waals surface area contributed by atoms with E-state index in [9.17, 15) is 4.79 Å². The summed E-state index contributed by atoms with van der Waals surface area (Å²) in [6.45, 7) is 0. The van der Waals surface area contributed by atoms with E-state index in [0.29, 0.717) is 17.3 Å². The molecule has 15 heavy (non-hydrogen) atoms. The van der Waals surface area contributed by atoms with Crippen LogP contribution in [0, 0.1) is 0 Å². The summed E-state index contributed by atoms with van der Waals surface area (Å²) in [5.41, 5.74) is 0.678. The van der Waals surface area contributed by atoms with Gasteiger partial charge in [-0.2, -0.15) is 0 Å². The minimum absolute atomic E-state index is 0.0107. The Morgan fingerprint density at radius 3 is 2.93 bits per heavy atom. The second-order valence-corrected chi connectivity index (χ2v) is 3.38. The highest BCUT2D eigenvalue weighted by atomic mass is 16.6. The van der Waals surface area contributed by atoms with Crippen molar-refractivity contribution in [1.29, 1.82) is 0 Å². The molecule has 0 fully saturated rings. The van der Waals surface area contributed by atoms with Gasteiger partial charge in [-0.3, -0.25) is 4.79 Å². The van der Waals surface area contributed by atoms with Crippen molar-refractivity contribution in [2.24, 2.45) is 0 Å². The van der Waals surface area contributed by atoms with Crippen molar-refractivity contribution in [3.05, 3.63) is 35.6 Å². The molecular weight excluding hydrogens is 192 g/mol. The Labute approximate surface area is 85.9 Å². The van der Waals surface area contributed by atoms with Gasteiger partial charge in [0.2, 0.25) is 0 Å². The summed E-state index contributed by atoms with van der Waals surface area (Å²) in [5.74, 6) is 1.16. The number of ketones is 1. The second kappa shape index (κ2) is 2.73. The molecule has 0 unspecified atom stereocenters. The van der Waals surface area contributed by atoms with Gasteiger partial charge in [-0.25, -0.2) is 0 Å². The summed E-state index contributed by atoms with van der Waals surface area (Å²) < 4.78 is 10.6. The molecule has 3 rings (SSSR count). The monoisotopic (exact) mass is 200 g/mol. The number of allylic oxidation sites excluding steroid dienone is 1. The van der Waals surface area contributed by atoms with Crippen LogP contribution in [0.4, 0.5) is 0 Å². The Morgan fingerprint density at radius 1 is 1.27 bits per heavy atom. The first-order valence-electron chi connectivity index (χ1n) is 4.63. The van der Waals surface area contributed by atoms with Crippen LogP contribution in [0.2, 0.25) is 0 Å². The largest absolute Gasteiger partial charge is 0.468 e. The first-order valence-corrected chi connectivity index (χ1v) is 4.63. The number of ether oxygens (including phenoxy) is 1. The van der Waals surface area contributed by atoms with Crippen LogP contribution in [-0.2, 0) is 0 Å². The lowest BCUT2D eigenvalue weighted by Gasteiger charge is -2.02. The molecule has 1 aromatic heterocycles. The van der Waals surface area contributed by atoms with Crippen molar-refractivity contribution in [3.8, 4) is 5.95 Å². The molecule has 2 aromatic rings. The van der Waals surface area contributed by atoms with E-state index in [2.05, 4.69) is 0 Å². The molecule has 0 saturated heterocycles. The quantitative estimate of drug-likeness (QED) is 0.710. The van der Waals surface area contributed by atoms with E-state index in [1.807, 2.05) is 12.1 Å². The molecule has 0 aliphatic heterocycles. The molecule has 0 N–H and O–H groups in total. The summed E-state index contributed by atoms with van der Waals surface area (Å²) in [6.07, 6.45) is 3.19. The van der Waals surface area contributed by atoms with Gasteiger partial charge in [-0.15, -0.1) is 0 Å². The zero-order chi connectivity index (χ0) is 10.4. The van der Waals surface area contributed by atoms with E-state index < -0.39 is 0 Å². The first-order chi connectivity index (χ1) is 7.31. The summed E-state index contributed by atoms with van der Waals surface area (Å²) in [5, 5.41) is 1.70. The van der Waals surface area contributed by atoms with E-state index in [1.165, 1.54) is 6.08 Å². The number of benzene rings is 1. The van der Waals surface area contributed by atoms with Crippen molar-refractivity contribution in [3.63, 3.8) is 0 Å². The minimum Gasteiger partial charge on any atom is -0.468 e. The normalized spacial score (nSPS) is 13.5. The van der Waals surface area contributed by atoms with Crippen LogP contribution in [0.5, 0.6) is 5.95 Å². The highest BCUT2D eigenvalue weighted by molar-refractivity contribution is 6.20. The number of methoxy groups -OCH3 is 1. The van der Waals surface area contributed by atoms with Crippen molar-refractivity contribution < 1.29 is 13.9 Å². The average Bonchev–Trinajstić information content (AvgIpc) is 2.64. The van der Waals surface area contributed by atoms with Gasteiger partial charge in [-0.05, 0) is 18.2 Å². The van der Waals surface area contributed by atoms with Gasteiger partial charge in [0.1, 0.15) is 5.76 Å². The number of carbonyl (C=O) groups is 1. The lowest BCUT2D eigenvalue weighted by atomic mass is 9.98. The SMILES string of the molecule is COc1oc2c3c(cccc13)C(=O)C=C2. The number of carbonyl (C=O) groups excluding carboxylic acids is 1. The highest BCUT2D eigenvalue weighted by Gasteiger charge is 2.21. The molecule has 3 nitrogen and oxygen atoms in total. The zero-order valence-corrected chi connectivity index (χ0v) is 8.11. The molecule has 74 valence electrons. The lowest BCUT2D eigenvalue weighted by Crippen LogP contribution is -1.98. The molecule has 0 radical (unpaired) electrons. The molecule has 3 heteroatoms. The fourth-order valence-corrected chi connectivity index (χ4v) is 1.91. The van der Waals surface area contributed by atoms with Crippen molar-refractivity contribution in [1.82, 2.24) is 0 Å². The molecular formula is C12H8O3. The molecule has 1 aliphatic carbocycles. The predicted octanol–water partition coefficient (Wildman–Crippen LogP) is 2.65. The Morgan fingerprint density at radius 2 is 2.13 bits per heavy atom. The fraction of sp³-hybridized carbons (Fsp3) is 0.0833. The number of furan rings is 1. The van der Waals surface area contributed by atoms with E-state index >= 15 is 0 Å². The molecule has 0 bridgehead atoms. The number of hydrogen-bond acceptors (Lipinski definition) is 3. The van der Waals surface area contributed by atoms with Gasteiger partial charge in [0.05, 0.1) is 12.5 Å². The number of rotatable bonds is 1. The van der Waals surface area contributed by atoms with E-state index in [0.717, 1.165) is 10.8 Å². The van der Waals surface area contributed by atoms with Crippen molar-refractivity contribution in [2.45, 2.75) is 0 Å². The van der Waals surface area contributed by atoms with Crippen LogP contribution in [-0.4, -0.2) is 12.9 Å². The zero-order valence-electron chi connectivity index (χ0n) is 8.11. The van der Waals surface area contributed by atoms with Crippen molar-refractivity contribution in [2.75, 3.05) is 7.11 Å². The maximum Gasteiger partial charge on any atom is 0.292 e. The molecule has 1 aliphatic rings. The first kappa shape index (κ1) is 8.29. The Hall–Kier alpha value is -2.03. The maximum absolute atomic E-state index is 11.6. The van der Waals surface area contributed by atoms with Crippen LogP contribution in [0.15, 0.2) is 28.7 Å². The molecule has 0 amide bonds. The van der Waals surface area contributed by atoms with E-state index in [4.69, 9.17) is 9.15 Å². The molecule has 1 aromatic carbocycles. The second-order valence-electron chi connectivity index (χ2n) is 3.38. The molecule has 0 atom stereocenters. The Balaban J connectivity index is 2.50. The van der Waals surface area contributed by atoms with Crippen LogP contribution < -0.4 is 4.74 Å². The standard InChI is InChI=1S/C12H8O3/c1-14-12-8-4-2-3-7-9(13)5-6-10(15-12)11(7)8/h2-6H,1H3. The molecule has 0 spiro atoms. The van der Waals surface area contributed by atoms with E-state index in [-0.39, 0.29) is 5.78 Å². The van der Waals surface area contributed by atoms with Gasteiger partial charge in [0.25, 0.3) is 5.95 Å². The summed E-state index contributed by atoms with van der Waals surface area (Å²) in [4.78, 5) is 11.6. The van der Waals surface area contributed by atoms with Gasteiger partial charge >= 0.3 is 0 Å². The third kappa shape index (κ3) is 0.973. The maximum atomic E-state index is 11.6.